The summed E-state index contributed by atoms with van der Waals surface area (Å²) in [5, 5.41) is 2.96. The van der Waals surface area contributed by atoms with Gasteiger partial charge in [-0.05, 0) is 37.1 Å². The summed E-state index contributed by atoms with van der Waals surface area (Å²) in [6.45, 7) is 3.58. The lowest BCUT2D eigenvalue weighted by molar-refractivity contribution is 0.0169. The minimum atomic E-state index is 0.0251. The fourth-order valence-electron chi connectivity index (χ4n) is 1.92. The van der Waals surface area contributed by atoms with Gasteiger partial charge in [0.1, 0.15) is 0 Å². The highest BCUT2D eigenvalue weighted by molar-refractivity contribution is 8.01. The number of nitrogens with one attached hydrogen (secondary N) is 1. The zero-order valence-corrected chi connectivity index (χ0v) is 12.2. The van der Waals surface area contributed by atoms with E-state index < -0.39 is 0 Å². The molecule has 0 bridgehead atoms. The van der Waals surface area contributed by atoms with Crippen LogP contribution < -0.4 is 5.32 Å². The molecule has 5 heteroatoms. The van der Waals surface area contributed by atoms with Gasteiger partial charge in [-0.25, -0.2) is 0 Å². The van der Waals surface area contributed by atoms with Crippen LogP contribution in [0.2, 0.25) is 0 Å². The predicted octanol–water partition coefficient (Wildman–Crippen LogP) is 3.16. The van der Waals surface area contributed by atoms with Crippen molar-refractivity contribution in [2.75, 3.05) is 18.9 Å². The van der Waals surface area contributed by atoms with Crippen LogP contribution in [0.15, 0.2) is 16.3 Å². The Bertz CT molecular complexity index is 386. The van der Waals surface area contributed by atoms with Gasteiger partial charge in [0.05, 0.1) is 15.2 Å². The van der Waals surface area contributed by atoms with Crippen molar-refractivity contribution in [2.24, 2.45) is 0 Å². The number of thiophene rings is 1. The van der Waals surface area contributed by atoms with Crippen LogP contribution in [-0.4, -0.2) is 30.9 Å². The van der Waals surface area contributed by atoms with Crippen molar-refractivity contribution >= 4 is 29.0 Å². The Balaban J connectivity index is 1.79. The van der Waals surface area contributed by atoms with Crippen LogP contribution in [0.5, 0.6) is 0 Å². The van der Waals surface area contributed by atoms with E-state index in [2.05, 4.69) is 12.2 Å². The zero-order valence-electron chi connectivity index (χ0n) is 10.6. The van der Waals surface area contributed by atoms with Gasteiger partial charge in [-0.15, -0.1) is 23.1 Å². The quantitative estimate of drug-likeness (QED) is 0.845. The number of thioether (sulfide) groups is 1. The van der Waals surface area contributed by atoms with Crippen molar-refractivity contribution in [2.45, 2.75) is 36.5 Å². The van der Waals surface area contributed by atoms with Gasteiger partial charge in [0.25, 0.3) is 5.91 Å². The summed E-state index contributed by atoms with van der Waals surface area (Å²) in [4.78, 5) is 12.7. The third-order valence-electron chi connectivity index (χ3n) is 2.86. The van der Waals surface area contributed by atoms with Crippen LogP contribution in [-0.2, 0) is 4.74 Å². The van der Waals surface area contributed by atoms with Gasteiger partial charge in [0.2, 0.25) is 0 Å². The second-order valence-electron chi connectivity index (χ2n) is 4.25. The highest BCUT2D eigenvalue weighted by Crippen LogP contribution is 2.26. The van der Waals surface area contributed by atoms with E-state index >= 15 is 0 Å². The molecule has 1 amide bonds. The molecule has 0 aromatic carbocycles. The number of rotatable bonds is 5. The molecular formula is C13H19NO2S2. The molecule has 1 aliphatic rings. The first-order chi connectivity index (χ1) is 8.79. The van der Waals surface area contributed by atoms with Gasteiger partial charge in [-0.1, -0.05) is 6.92 Å². The van der Waals surface area contributed by atoms with E-state index in [0.717, 1.165) is 30.1 Å². The maximum absolute atomic E-state index is 11.9. The molecule has 0 radical (unpaired) electrons. The Morgan fingerprint density at radius 2 is 2.44 bits per heavy atom. The average molecular weight is 285 g/mol. The molecule has 1 N–H and O–H groups in total. The Kier molecular flexibility index (Phi) is 5.53. The first-order valence-corrected chi connectivity index (χ1v) is 8.22. The number of hydrogen-bond donors (Lipinski definition) is 1. The number of carbonyl (C=O) groups excluding carboxylic acids is 1. The number of hydrogen-bond acceptors (Lipinski definition) is 4. The van der Waals surface area contributed by atoms with Crippen LogP contribution in [0.4, 0.5) is 0 Å². The van der Waals surface area contributed by atoms with Crippen molar-refractivity contribution in [1.29, 1.82) is 0 Å². The summed E-state index contributed by atoms with van der Waals surface area (Å²) < 4.78 is 6.80. The van der Waals surface area contributed by atoms with E-state index in [0.29, 0.717) is 6.54 Å². The molecule has 0 aliphatic carbocycles. The van der Waals surface area contributed by atoms with E-state index in [1.807, 2.05) is 12.1 Å². The molecule has 0 spiro atoms. The van der Waals surface area contributed by atoms with Crippen LogP contribution in [0.25, 0.3) is 0 Å². The summed E-state index contributed by atoms with van der Waals surface area (Å²) in [5.74, 6) is 1.06. The summed E-state index contributed by atoms with van der Waals surface area (Å²) in [6, 6.07) is 3.92. The van der Waals surface area contributed by atoms with Gasteiger partial charge < -0.3 is 10.1 Å². The number of ether oxygens (including phenoxy) is 1. The molecule has 1 fully saturated rings. The van der Waals surface area contributed by atoms with Crippen LogP contribution in [0.3, 0.4) is 0 Å². The molecule has 1 aromatic heterocycles. The van der Waals surface area contributed by atoms with E-state index in [1.54, 1.807) is 23.1 Å². The number of amides is 1. The zero-order chi connectivity index (χ0) is 12.8. The minimum Gasteiger partial charge on any atom is -0.376 e. The van der Waals surface area contributed by atoms with Gasteiger partial charge in [0, 0.05) is 13.2 Å². The maximum atomic E-state index is 11.9. The van der Waals surface area contributed by atoms with E-state index in [9.17, 15) is 4.79 Å². The molecule has 2 rings (SSSR count). The SMILES string of the molecule is CCSc1ccc(C(=O)NC[C@H]2CCCCO2)s1. The fraction of sp³-hybridized carbons (Fsp3) is 0.615. The molecule has 1 atom stereocenters. The van der Waals surface area contributed by atoms with Crippen molar-refractivity contribution in [1.82, 2.24) is 5.32 Å². The molecule has 1 saturated heterocycles. The predicted molar refractivity (Wildman–Crippen MR) is 76.6 cm³/mol. The van der Waals surface area contributed by atoms with Crippen LogP contribution in [0.1, 0.15) is 35.9 Å². The van der Waals surface area contributed by atoms with E-state index in [1.165, 1.54) is 10.6 Å². The summed E-state index contributed by atoms with van der Waals surface area (Å²) in [7, 11) is 0. The molecule has 2 heterocycles. The third-order valence-corrected chi connectivity index (χ3v) is 5.05. The smallest absolute Gasteiger partial charge is 0.261 e. The molecule has 1 aliphatic heterocycles. The standard InChI is InChI=1S/C13H19NO2S2/c1-2-17-12-7-6-11(18-12)13(15)14-9-10-5-3-4-8-16-10/h6-7,10H,2-5,8-9H2,1H3,(H,14,15)/t10-/m1/s1. The Labute approximate surface area is 116 Å². The second kappa shape index (κ2) is 7.16. The highest BCUT2D eigenvalue weighted by Gasteiger charge is 2.16. The first-order valence-electron chi connectivity index (χ1n) is 6.42. The lowest BCUT2D eigenvalue weighted by Crippen LogP contribution is -2.35. The Morgan fingerprint density at radius 1 is 1.56 bits per heavy atom. The first kappa shape index (κ1) is 13.9. The normalized spacial score (nSPS) is 19.7. The van der Waals surface area contributed by atoms with Gasteiger partial charge >= 0.3 is 0 Å². The van der Waals surface area contributed by atoms with Crippen LogP contribution in [0, 0.1) is 0 Å². The molecule has 100 valence electrons. The minimum absolute atomic E-state index is 0.0251. The van der Waals surface area contributed by atoms with Crippen molar-refractivity contribution in [3.63, 3.8) is 0 Å². The molecule has 0 unspecified atom stereocenters. The monoisotopic (exact) mass is 285 g/mol. The van der Waals surface area contributed by atoms with E-state index in [4.69, 9.17) is 4.74 Å². The van der Waals surface area contributed by atoms with Crippen molar-refractivity contribution in [3.05, 3.63) is 17.0 Å². The summed E-state index contributed by atoms with van der Waals surface area (Å²) in [6.07, 6.45) is 3.61. The largest absolute Gasteiger partial charge is 0.376 e. The van der Waals surface area contributed by atoms with Gasteiger partial charge in [0.15, 0.2) is 0 Å². The number of carbonyl (C=O) groups is 1. The van der Waals surface area contributed by atoms with Gasteiger partial charge in [-0.2, -0.15) is 0 Å². The topological polar surface area (TPSA) is 38.3 Å². The molecule has 1 aromatic rings. The third kappa shape index (κ3) is 4.00. The molecule has 3 nitrogen and oxygen atoms in total. The molecule has 0 saturated carbocycles. The summed E-state index contributed by atoms with van der Waals surface area (Å²) >= 11 is 3.34. The fourth-order valence-corrected chi connectivity index (χ4v) is 3.89. The lowest BCUT2D eigenvalue weighted by Gasteiger charge is -2.22. The summed E-state index contributed by atoms with van der Waals surface area (Å²) in [5.41, 5.74) is 0. The van der Waals surface area contributed by atoms with Crippen molar-refractivity contribution < 1.29 is 9.53 Å². The molecular weight excluding hydrogens is 266 g/mol. The average Bonchev–Trinajstić information content (AvgIpc) is 2.86. The molecule has 18 heavy (non-hydrogen) atoms. The lowest BCUT2D eigenvalue weighted by atomic mass is 10.1. The van der Waals surface area contributed by atoms with E-state index in [-0.39, 0.29) is 12.0 Å². The maximum Gasteiger partial charge on any atom is 0.261 e. The Hall–Kier alpha value is -0.520. The highest BCUT2D eigenvalue weighted by atomic mass is 32.2. The van der Waals surface area contributed by atoms with Gasteiger partial charge in [-0.3, -0.25) is 4.79 Å². The van der Waals surface area contributed by atoms with Crippen molar-refractivity contribution in [3.8, 4) is 0 Å². The van der Waals surface area contributed by atoms with Crippen LogP contribution >= 0.6 is 23.1 Å². The second-order valence-corrected chi connectivity index (χ2v) is 6.90. The Morgan fingerprint density at radius 3 is 3.17 bits per heavy atom.